The molecule has 1 amide bonds. The highest BCUT2D eigenvalue weighted by atomic mass is 32.1. The minimum atomic E-state index is -0.207. The summed E-state index contributed by atoms with van der Waals surface area (Å²) in [5.41, 5.74) is 2.65. The number of benzene rings is 2. The molecule has 2 aromatic carbocycles. The molecule has 1 N–H and O–H groups in total. The monoisotopic (exact) mass is 411 g/mol. The lowest BCUT2D eigenvalue weighted by Crippen LogP contribution is -2.11. The van der Waals surface area contributed by atoms with Gasteiger partial charge in [-0.15, -0.1) is 10.2 Å². The molecule has 29 heavy (non-hydrogen) atoms. The van der Waals surface area contributed by atoms with E-state index in [0.717, 1.165) is 28.3 Å². The van der Waals surface area contributed by atoms with Gasteiger partial charge < -0.3 is 14.2 Å². The molecule has 8 heteroatoms. The third-order valence-corrected chi connectivity index (χ3v) is 5.49. The number of hydrogen-bond acceptors (Lipinski definition) is 7. The molecule has 150 valence electrons. The van der Waals surface area contributed by atoms with Crippen LogP contribution in [0.2, 0.25) is 0 Å². The van der Waals surface area contributed by atoms with E-state index in [2.05, 4.69) is 15.5 Å². The fourth-order valence-corrected chi connectivity index (χ4v) is 4.04. The molecule has 1 atom stereocenters. The minimum Gasteiger partial charge on any atom is -0.493 e. The van der Waals surface area contributed by atoms with Crippen LogP contribution in [0.5, 0.6) is 17.2 Å². The Morgan fingerprint density at radius 2 is 2.00 bits per heavy atom. The second-order valence-corrected chi connectivity index (χ2v) is 7.84. The van der Waals surface area contributed by atoms with E-state index in [1.54, 1.807) is 20.3 Å². The van der Waals surface area contributed by atoms with Crippen molar-refractivity contribution in [2.75, 3.05) is 19.5 Å². The fraction of sp³-hybridized carbons (Fsp3) is 0.286. The van der Waals surface area contributed by atoms with Gasteiger partial charge in [-0.25, -0.2) is 0 Å². The summed E-state index contributed by atoms with van der Waals surface area (Å²) in [7, 11) is 3.21. The number of rotatable bonds is 6. The Kier molecular flexibility index (Phi) is 5.35. The number of fused-ring (bicyclic) bond motifs is 1. The molecular weight excluding hydrogens is 390 g/mol. The van der Waals surface area contributed by atoms with Crippen molar-refractivity contribution in [1.82, 2.24) is 10.2 Å². The summed E-state index contributed by atoms with van der Waals surface area (Å²) in [4.78, 5) is 12.6. The number of ether oxygens (including phenoxy) is 3. The van der Waals surface area contributed by atoms with Gasteiger partial charge in [-0.05, 0) is 48.4 Å². The standard InChI is InChI=1S/C21H21N3O4S/c1-12-8-15-11-14(5-7-16(15)28-12)20(25)22-21-24-23-19(29-21)10-13-4-6-17(26-2)18(9-13)27-3/h4-7,9,11-12H,8,10H2,1-3H3,(H,22,24,25)/t12-/m0/s1. The summed E-state index contributed by atoms with van der Waals surface area (Å²) in [6, 6.07) is 11.2. The van der Waals surface area contributed by atoms with Gasteiger partial charge in [0, 0.05) is 18.4 Å². The summed E-state index contributed by atoms with van der Waals surface area (Å²) in [6.45, 7) is 2.01. The molecule has 0 fully saturated rings. The van der Waals surface area contributed by atoms with Crippen LogP contribution >= 0.6 is 11.3 Å². The summed E-state index contributed by atoms with van der Waals surface area (Å²) >= 11 is 1.35. The molecule has 0 unspecified atom stereocenters. The molecule has 0 aliphatic carbocycles. The van der Waals surface area contributed by atoms with Crippen LogP contribution in [0.15, 0.2) is 36.4 Å². The van der Waals surface area contributed by atoms with Crippen molar-refractivity contribution < 1.29 is 19.0 Å². The zero-order valence-electron chi connectivity index (χ0n) is 16.4. The van der Waals surface area contributed by atoms with Gasteiger partial charge in [0.2, 0.25) is 5.13 Å². The normalized spacial score (nSPS) is 14.8. The number of carbonyl (C=O) groups excluding carboxylic acids is 1. The number of hydrogen-bond donors (Lipinski definition) is 1. The molecular formula is C21H21N3O4S. The van der Waals surface area contributed by atoms with Gasteiger partial charge in [-0.3, -0.25) is 10.1 Å². The molecule has 0 saturated heterocycles. The zero-order valence-corrected chi connectivity index (χ0v) is 17.2. The van der Waals surface area contributed by atoms with Crippen LogP contribution in [-0.4, -0.2) is 36.4 Å². The largest absolute Gasteiger partial charge is 0.493 e. The summed E-state index contributed by atoms with van der Waals surface area (Å²) in [5, 5.41) is 12.4. The Morgan fingerprint density at radius 1 is 1.17 bits per heavy atom. The first-order valence-electron chi connectivity index (χ1n) is 9.20. The first-order chi connectivity index (χ1) is 14.1. The third kappa shape index (κ3) is 4.17. The van der Waals surface area contributed by atoms with E-state index in [-0.39, 0.29) is 12.0 Å². The molecule has 0 saturated carbocycles. The average Bonchev–Trinajstić information content (AvgIpc) is 3.32. The molecule has 2 heterocycles. The third-order valence-electron chi connectivity index (χ3n) is 4.65. The Bertz CT molecular complexity index is 1050. The number of aromatic nitrogens is 2. The molecule has 1 aromatic heterocycles. The summed E-state index contributed by atoms with van der Waals surface area (Å²) in [6.07, 6.45) is 1.54. The number of anilines is 1. The molecule has 4 rings (SSSR count). The van der Waals surface area contributed by atoms with E-state index in [1.807, 2.05) is 37.3 Å². The van der Waals surface area contributed by atoms with Gasteiger partial charge in [0.25, 0.3) is 5.91 Å². The Morgan fingerprint density at radius 3 is 2.79 bits per heavy atom. The highest BCUT2D eigenvalue weighted by Crippen LogP contribution is 2.31. The van der Waals surface area contributed by atoms with Crippen LogP contribution in [0.4, 0.5) is 5.13 Å². The van der Waals surface area contributed by atoms with Gasteiger partial charge in [-0.1, -0.05) is 17.4 Å². The highest BCUT2D eigenvalue weighted by molar-refractivity contribution is 7.15. The molecule has 1 aliphatic heterocycles. The average molecular weight is 411 g/mol. The molecule has 0 radical (unpaired) electrons. The van der Waals surface area contributed by atoms with E-state index in [0.29, 0.717) is 28.6 Å². The zero-order chi connectivity index (χ0) is 20.4. The number of carbonyl (C=O) groups is 1. The number of amides is 1. The second-order valence-electron chi connectivity index (χ2n) is 6.78. The summed E-state index contributed by atoms with van der Waals surface area (Å²) in [5.74, 6) is 1.98. The Labute approximate surface area is 172 Å². The maximum Gasteiger partial charge on any atom is 0.257 e. The van der Waals surface area contributed by atoms with Gasteiger partial charge in [0.15, 0.2) is 11.5 Å². The van der Waals surface area contributed by atoms with Crippen molar-refractivity contribution in [2.45, 2.75) is 25.9 Å². The van der Waals surface area contributed by atoms with E-state index < -0.39 is 0 Å². The van der Waals surface area contributed by atoms with Crippen molar-refractivity contribution >= 4 is 22.4 Å². The number of nitrogens with zero attached hydrogens (tertiary/aromatic N) is 2. The van der Waals surface area contributed by atoms with Crippen molar-refractivity contribution in [2.24, 2.45) is 0 Å². The van der Waals surface area contributed by atoms with Crippen molar-refractivity contribution in [1.29, 1.82) is 0 Å². The smallest absolute Gasteiger partial charge is 0.257 e. The van der Waals surface area contributed by atoms with Crippen LogP contribution in [0.3, 0.4) is 0 Å². The SMILES string of the molecule is COc1ccc(Cc2nnc(NC(=O)c3ccc4c(c3)C[C@H](C)O4)s2)cc1OC. The quantitative estimate of drug-likeness (QED) is 0.666. The minimum absolute atomic E-state index is 0.144. The Balaban J connectivity index is 1.43. The second kappa shape index (κ2) is 8.08. The van der Waals surface area contributed by atoms with Crippen LogP contribution in [0.1, 0.15) is 33.4 Å². The molecule has 0 spiro atoms. The van der Waals surface area contributed by atoms with Gasteiger partial charge in [0.1, 0.15) is 16.9 Å². The number of nitrogens with one attached hydrogen (secondary N) is 1. The molecule has 3 aromatic rings. The predicted octanol–water partition coefficient (Wildman–Crippen LogP) is 3.72. The van der Waals surface area contributed by atoms with Crippen LogP contribution < -0.4 is 19.5 Å². The first-order valence-corrected chi connectivity index (χ1v) is 10.0. The van der Waals surface area contributed by atoms with E-state index in [1.165, 1.54) is 11.3 Å². The van der Waals surface area contributed by atoms with Gasteiger partial charge in [0.05, 0.1) is 14.2 Å². The van der Waals surface area contributed by atoms with Crippen molar-refractivity contribution in [3.8, 4) is 17.2 Å². The van der Waals surface area contributed by atoms with Crippen molar-refractivity contribution in [3.63, 3.8) is 0 Å². The highest BCUT2D eigenvalue weighted by Gasteiger charge is 2.21. The van der Waals surface area contributed by atoms with Crippen LogP contribution in [0.25, 0.3) is 0 Å². The van der Waals surface area contributed by atoms with E-state index in [9.17, 15) is 4.79 Å². The van der Waals surface area contributed by atoms with E-state index in [4.69, 9.17) is 14.2 Å². The van der Waals surface area contributed by atoms with E-state index >= 15 is 0 Å². The maximum absolute atomic E-state index is 12.6. The fourth-order valence-electron chi connectivity index (χ4n) is 3.27. The molecule has 1 aliphatic rings. The lowest BCUT2D eigenvalue weighted by atomic mass is 10.1. The Hall–Kier alpha value is -3.13. The first kappa shape index (κ1) is 19.2. The van der Waals surface area contributed by atoms with Crippen molar-refractivity contribution in [3.05, 3.63) is 58.1 Å². The lowest BCUT2D eigenvalue weighted by molar-refractivity contribution is 0.102. The van der Waals surface area contributed by atoms with Crippen LogP contribution in [-0.2, 0) is 12.8 Å². The maximum atomic E-state index is 12.6. The molecule has 0 bridgehead atoms. The van der Waals surface area contributed by atoms with Crippen LogP contribution in [0, 0.1) is 0 Å². The lowest BCUT2D eigenvalue weighted by Gasteiger charge is -2.08. The van der Waals surface area contributed by atoms with Gasteiger partial charge in [-0.2, -0.15) is 0 Å². The number of methoxy groups -OCH3 is 2. The topological polar surface area (TPSA) is 82.6 Å². The van der Waals surface area contributed by atoms with Gasteiger partial charge >= 0.3 is 0 Å². The predicted molar refractivity (Wildman–Crippen MR) is 110 cm³/mol. The summed E-state index contributed by atoms with van der Waals surface area (Å²) < 4.78 is 16.3. The molecule has 7 nitrogen and oxygen atoms in total.